The minimum Gasteiger partial charge on any atom is -0.398 e. The molecule has 0 amide bonds. The van der Waals surface area contributed by atoms with Crippen molar-refractivity contribution in [2.75, 3.05) is 5.73 Å². The molecule has 4 nitrogen and oxygen atoms in total. The van der Waals surface area contributed by atoms with Gasteiger partial charge >= 0.3 is 0 Å². The quantitative estimate of drug-likeness (QED) is 0.502. The Balaban J connectivity index is 2.47. The van der Waals surface area contributed by atoms with Gasteiger partial charge in [-0.05, 0) is 23.8 Å². The van der Waals surface area contributed by atoms with Crippen molar-refractivity contribution in [1.29, 1.82) is 0 Å². The molecule has 0 aliphatic heterocycles. The topological polar surface area (TPSA) is 69.2 Å². The molecular weight excluding hydrogens is 323 g/mol. The van der Waals surface area contributed by atoms with Crippen molar-refractivity contribution in [3.63, 3.8) is 0 Å². The first-order valence-corrected chi connectivity index (χ1v) is 6.68. The molecule has 0 atom stereocenters. The summed E-state index contributed by atoms with van der Waals surface area (Å²) >= 11 is 17.6. The average Bonchev–Trinajstić information content (AvgIpc) is 2.36. The molecule has 2 aromatic rings. The molecule has 0 unspecified atom stereocenters. The first kappa shape index (κ1) is 14.9. The van der Waals surface area contributed by atoms with Crippen LogP contribution in [0.25, 0.3) is 0 Å². The van der Waals surface area contributed by atoms with Crippen molar-refractivity contribution in [3.05, 3.63) is 66.6 Å². The van der Waals surface area contributed by atoms with E-state index in [9.17, 15) is 10.1 Å². The smallest absolute Gasteiger partial charge is 0.276 e. The Hall–Kier alpha value is -1.49. The van der Waals surface area contributed by atoms with Gasteiger partial charge in [-0.15, -0.1) is 0 Å². The summed E-state index contributed by atoms with van der Waals surface area (Å²) in [4.78, 5) is 10.6. The lowest BCUT2D eigenvalue weighted by atomic mass is 10.0. The number of benzene rings is 2. The molecule has 0 radical (unpaired) electrons. The number of halogens is 3. The number of anilines is 1. The highest BCUT2D eigenvalue weighted by atomic mass is 35.5. The van der Waals surface area contributed by atoms with Crippen LogP contribution in [0.15, 0.2) is 30.3 Å². The zero-order chi connectivity index (χ0) is 14.9. The third-order valence-corrected chi connectivity index (χ3v) is 3.74. The molecule has 2 aromatic carbocycles. The maximum absolute atomic E-state index is 11.1. The fourth-order valence-corrected chi connectivity index (χ4v) is 2.39. The first-order valence-electron chi connectivity index (χ1n) is 5.54. The molecule has 0 bridgehead atoms. The molecule has 0 saturated carbocycles. The number of nitrogens with zero attached hydrogens (tertiary/aromatic N) is 1. The summed E-state index contributed by atoms with van der Waals surface area (Å²) in [7, 11) is 0. The van der Waals surface area contributed by atoms with Gasteiger partial charge in [0.05, 0.1) is 20.5 Å². The molecule has 0 aliphatic carbocycles. The standard InChI is InChI=1S/C13H9Cl3N2O2/c14-8-5-12(17)9(13(6-8)18(19)20)3-7-1-2-10(15)11(16)4-7/h1-2,4-6H,3,17H2. The van der Waals surface area contributed by atoms with Crippen LogP contribution >= 0.6 is 34.8 Å². The van der Waals surface area contributed by atoms with Crippen molar-refractivity contribution >= 4 is 46.2 Å². The third-order valence-electron chi connectivity index (χ3n) is 2.79. The van der Waals surface area contributed by atoms with E-state index >= 15 is 0 Å². The maximum atomic E-state index is 11.1. The van der Waals surface area contributed by atoms with Crippen molar-refractivity contribution in [3.8, 4) is 0 Å². The van der Waals surface area contributed by atoms with Crippen LogP contribution < -0.4 is 5.73 Å². The van der Waals surface area contributed by atoms with E-state index in [0.29, 0.717) is 15.6 Å². The molecule has 7 heteroatoms. The second kappa shape index (κ2) is 5.87. The Morgan fingerprint density at radius 2 is 1.80 bits per heavy atom. The molecule has 104 valence electrons. The summed E-state index contributed by atoms with van der Waals surface area (Å²) < 4.78 is 0. The predicted molar refractivity (Wildman–Crippen MR) is 81.8 cm³/mol. The van der Waals surface area contributed by atoms with Crippen molar-refractivity contribution in [1.82, 2.24) is 0 Å². The van der Waals surface area contributed by atoms with Gasteiger partial charge in [0.25, 0.3) is 5.69 Å². The summed E-state index contributed by atoms with van der Waals surface area (Å²) in [5, 5.41) is 12.1. The number of nitro benzene ring substituents is 1. The van der Waals surface area contributed by atoms with Gasteiger partial charge in [0, 0.05) is 23.2 Å². The fourth-order valence-electron chi connectivity index (χ4n) is 1.85. The van der Waals surface area contributed by atoms with Crippen LogP contribution in [0.1, 0.15) is 11.1 Å². The minimum atomic E-state index is -0.505. The number of nitro groups is 1. The molecule has 0 fully saturated rings. The van der Waals surface area contributed by atoms with Crippen LogP contribution in [-0.4, -0.2) is 4.92 Å². The lowest BCUT2D eigenvalue weighted by Crippen LogP contribution is -2.02. The van der Waals surface area contributed by atoms with E-state index < -0.39 is 4.92 Å². The number of hydrogen-bond acceptors (Lipinski definition) is 3. The van der Waals surface area contributed by atoms with Crippen molar-refractivity contribution < 1.29 is 4.92 Å². The fraction of sp³-hybridized carbons (Fsp3) is 0.0769. The number of nitrogen functional groups attached to an aromatic ring is 1. The maximum Gasteiger partial charge on any atom is 0.276 e. The van der Waals surface area contributed by atoms with Crippen LogP contribution in [0.4, 0.5) is 11.4 Å². The normalized spacial score (nSPS) is 10.6. The van der Waals surface area contributed by atoms with Gasteiger partial charge in [0.15, 0.2) is 0 Å². The lowest BCUT2D eigenvalue weighted by molar-refractivity contribution is -0.385. The highest BCUT2D eigenvalue weighted by Crippen LogP contribution is 2.32. The largest absolute Gasteiger partial charge is 0.398 e. The predicted octanol–water partition coefficient (Wildman–Crippen LogP) is 4.73. The molecule has 0 aromatic heterocycles. The lowest BCUT2D eigenvalue weighted by Gasteiger charge is -2.08. The summed E-state index contributed by atoms with van der Waals surface area (Å²) in [6.07, 6.45) is 0.274. The van der Waals surface area contributed by atoms with E-state index in [4.69, 9.17) is 40.5 Å². The van der Waals surface area contributed by atoms with Crippen LogP contribution in [0.2, 0.25) is 15.1 Å². The van der Waals surface area contributed by atoms with Gasteiger partial charge in [0.1, 0.15) is 0 Å². The summed E-state index contributed by atoms with van der Waals surface area (Å²) in [6.45, 7) is 0. The van der Waals surface area contributed by atoms with E-state index in [2.05, 4.69) is 0 Å². The average molecular weight is 332 g/mol. The summed E-state index contributed by atoms with van der Waals surface area (Å²) in [6, 6.07) is 7.80. The van der Waals surface area contributed by atoms with Gasteiger partial charge in [-0.2, -0.15) is 0 Å². The van der Waals surface area contributed by atoms with Gasteiger partial charge in [-0.3, -0.25) is 10.1 Å². The molecular formula is C13H9Cl3N2O2. The molecule has 20 heavy (non-hydrogen) atoms. The van der Waals surface area contributed by atoms with E-state index in [0.717, 1.165) is 5.56 Å². The Morgan fingerprint density at radius 1 is 1.10 bits per heavy atom. The number of nitrogens with two attached hydrogens (primary N) is 1. The van der Waals surface area contributed by atoms with Crippen LogP contribution in [0, 0.1) is 10.1 Å². The van der Waals surface area contributed by atoms with Crippen molar-refractivity contribution in [2.24, 2.45) is 0 Å². The van der Waals surface area contributed by atoms with E-state index in [1.165, 1.54) is 12.1 Å². The number of hydrogen-bond donors (Lipinski definition) is 1. The summed E-state index contributed by atoms with van der Waals surface area (Å²) in [5.74, 6) is 0. The second-order valence-electron chi connectivity index (χ2n) is 4.18. The van der Waals surface area contributed by atoms with E-state index in [1.54, 1.807) is 18.2 Å². The van der Waals surface area contributed by atoms with Gasteiger partial charge in [0.2, 0.25) is 0 Å². The highest BCUT2D eigenvalue weighted by molar-refractivity contribution is 6.42. The minimum absolute atomic E-state index is 0.110. The van der Waals surface area contributed by atoms with Gasteiger partial charge in [-0.1, -0.05) is 40.9 Å². The Morgan fingerprint density at radius 3 is 2.40 bits per heavy atom. The Kier molecular flexibility index (Phi) is 4.38. The molecule has 0 saturated heterocycles. The molecule has 0 heterocycles. The van der Waals surface area contributed by atoms with Gasteiger partial charge < -0.3 is 5.73 Å². The first-order chi connectivity index (χ1) is 9.38. The summed E-state index contributed by atoms with van der Waals surface area (Å²) in [5.41, 5.74) is 7.17. The van der Waals surface area contributed by atoms with Crippen LogP contribution in [-0.2, 0) is 6.42 Å². The zero-order valence-electron chi connectivity index (χ0n) is 10.1. The van der Waals surface area contributed by atoms with Gasteiger partial charge in [-0.25, -0.2) is 0 Å². The van der Waals surface area contributed by atoms with E-state index in [-0.39, 0.29) is 22.8 Å². The van der Waals surface area contributed by atoms with Crippen LogP contribution in [0.5, 0.6) is 0 Å². The molecule has 2 rings (SSSR count). The molecule has 2 N–H and O–H groups in total. The molecule has 0 spiro atoms. The monoisotopic (exact) mass is 330 g/mol. The van der Waals surface area contributed by atoms with E-state index in [1.807, 2.05) is 0 Å². The number of rotatable bonds is 3. The van der Waals surface area contributed by atoms with Crippen LogP contribution in [0.3, 0.4) is 0 Å². The molecule has 0 aliphatic rings. The zero-order valence-corrected chi connectivity index (χ0v) is 12.3. The second-order valence-corrected chi connectivity index (χ2v) is 5.43. The Labute approximate surface area is 130 Å². The highest BCUT2D eigenvalue weighted by Gasteiger charge is 2.18. The third kappa shape index (κ3) is 3.15. The SMILES string of the molecule is Nc1cc(Cl)cc([N+](=O)[O-])c1Cc1ccc(Cl)c(Cl)c1. The Bertz CT molecular complexity index is 690. The van der Waals surface area contributed by atoms with Crippen molar-refractivity contribution in [2.45, 2.75) is 6.42 Å².